The van der Waals surface area contributed by atoms with E-state index < -0.39 is 11.9 Å². The summed E-state index contributed by atoms with van der Waals surface area (Å²) in [5.41, 5.74) is -0.249. The molecule has 1 N–H and O–H groups in total. The van der Waals surface area contributed by atoms with Gasteiger partial charge in [0.25, 0.3) is 0 Å². The van der Waals surface area contributed by atoms with Gasteiger partial charge in [0.2, 0.25) is 0 Å². The Kier molecular flexibility index (Phi) is 9.50. The van der Waals surface area contributed by atoms with E-state index in [1.165, 1.54) is 83.5 Å². The molecular weight excluding hydrogens is 348 g/mol. The van der Waals surface area contributed by atoms with Gasteiger partial charge in [-0.15, -0.1) is 0 Å². The molecule has 3 unspecified atom stereocenters. The summed E-state index contributed by atoms with van der Waals surface area (Å²) in [6.45, 7) is 6.16. The molecule has 0 spiro atoms. The van der Waals surface area contributed by atoms with Crippen LogP contribution in [0.25, 0.3) is 0 Å². The van der Waals surface area contributed by atoms with Crippen molar-refractivity contribution < 1.29 is 14.7 Å². The van der Waals surface area contributed by atoms with Crippen molar-refractivity contribution in [3.05, 3.63) is 0 Å². The summed E-state index contributed by atoms with van der Waals surface area (Å²) in [4.78, 5) is 24.1. The molecule has 0 amide bonds. The maximum absolute atomic E-state index is 12.7. The van der Waals surface area contributed by atoms with Crippen LogP contribution >= 0.6 is 0 Å². The monoisotopic (exact) mass is 392 g/mol. The maximum atomic E-state index is 12.7. The van der Waals surface area contributed by atoms with Crippen LogP contribution in [0.4, 0.5) is 0 Å². The van der Waals surface area contributed by atoms with Gasteiger partial charge in [-0.25, -0.2) is 0 Å². The predicted molar refractivity (Wildman–Crippen MR) is 115 cm³/mol. The summed E-state index contributed by atoms with van der Waals surface area (Å²) in [6, 6.07) is 0. The smallest absolute Gasteiger partial charge is 0.314 e. The van der Waals surface area contributed by atoms with Crippen molar-refractivity contribution in [1.29, 1.82) is 0 Å². The number of carbonyl (C=O) groups excluding carboxylic acids is 1. The summed E-state index contributed by atoms with van der Waals surface area (Å²) in [5, 5.41) is 9.30. The molecule has 0 bridgehead atoms. The summed E-state index contributed by atoms with van der Waals surface area (Å²) in [6.07, 6.45) is 19.1. The first-order chi connectivity index (χ1) is 13.6. The number of rotatable bonds is 18. The van der Waals surface area contributed by atoms with Crippen molar-refractivity contribution in [2.45, 2.75) is 117 Å². The summed E-state index contributed by atoms with van der Waals surface area (Å²) in [5.74, 6) is 0.0886. The van der Waals surface area contributed by atoms with E-state index >= 15 is 0 Å². The van der Waals surface area contributed by atoms with E-state index in [1.807, 2.05) is 6.92 Å². The summed E-state index contributed by atoms with van der Waals surface area (Å²) >= 11 is 0. The number of fused-ring (bicyclic) bond motifs is 1. The minimum atomic E-state index is -0.927. The van der Waals surface area contributed by atoms with Crippen LogP contribution < -0.4 is 0 Å². The zero-order valence-corrected chi connectivity index (χ0v) is 18.7. The Balaban J connectivity index is 1.48. The van der Waals surface area contributed by atoms with Gasteiger partial charge in [-0.1, -0.05) is 97.8 Å². The number of Topliss-reactive ketones (excluding diaryl/α,β-unsaturated/α-hetero) is 1. The Hall–Kier alpha value is -0.860. The van der Waals surface area contributed by atoms with Crippen LogP contribution in [0.2, 0.25) is 0 Å². The van der Waals surface area contributed by atoms with Gasteiger partial charge in [0.05, 0.1) is 0 Å². The number of hydrogen-bond acceptors (Lipinski definition) is 2. The number of hydrogen-bond donors (Lipinski definition) is 1. The topological polar surface area (TPSA) is 54.4 Å². The molecular formula is C25H44O3. The van der Waals surface area contributed by atoms with Crippen molar-refractivity contribution in [2.75, 3.05) is 0 Å². The number of unbranched alkanes of at least 4 members (excludes halogenated alkanes) is 11. The first-order valence-electron chi connectivity index (χ1n) is 12.3. The van der Waals surface area contributed by atoms with E-state index in [-0.39, 0.29) is 11.2 Å². The highest BCUT2D eigenvalue weighted by atomic mass is 16.4. The predicted octanol–water partition coefficient (Wildman–Crippen LogP) is 7.03. The van der Waals surface area contributed by atoms with E-state index in [2.05, 4.69) is 13.8 Å². The molecule has 0 aromatic carbocycles. The van der Waals surface area contributed by atoms with Crippen LogP contribution in [0.5, 0.6) is 0 Å². The van der Waals surface area contributed by atoms with Gasteiger partial charge in [0.15, 0.2) is 5.78 Å². The molecule has 3 heteroatoms. The highest BCUT2D eigenvalue weighted by Crippen LogP contribution is 2.84. The molecule has 2 rings (SSSR count). The minimum absolute atomic E-state index is 0.0333. The first-order valence-corrected chi connectivity index (χ1v) is 12.3. The Bertz CT molecular complexity index is 488. The second-order valence-electron chi connectivity index (χ2n) is 9.45. The van der Waals surface area contributed by atoms with Gasteiger partial charge in [-0.2, -0.15) is 0 Å². The van der Waals surface area contributed by atoms with Crippen LogP contribution in [0.15, 0.2) is 0 Å². The third kappa shape index (κ3) is 5.39. The lowest BCUT2D eigenvalue weighted by molar-refractivity contribution is -0.149. The summed E-state index contributed by atoms with van der Waals surface area (Å²) in [7, 11) is 0. The van der Waals surface area contributed by atoms with E-state index in [0.717, 1.165) is 12.3 Å². The van der Waals surface area contributed by atoms with Crippen molar-refractivity contribution >= 4 is 11.8 Å². The van der Waals surface area contributed by atoms with Crippen LogP contribution in [0.1, 0.15) is 117 Å². The molecule has 2 aliphatic carbocycles. The fourth-order valence-corrected chi connectivity index (χ4v) is 5.87. The molecule has 2 saturated carbocycles. The van der Waals surface area contributed by atoms with Gasteiger partial charge in [-0.05, 0) is 37.0 Å². The number of carboxylic acids is 1. The fraction of sp³-hybridized carbons (Fsp3) is 0.920. The van der Waals surface area contributed by atoms with Crippen molar-refractivity contribution in [1.82, 2.24) is 0 Å². The highest BCUT2D eigenvalue weighted by molar-refractivity contribution is 6.04. The van der Waals surface area contributed by atoms with Gasteiger partial charge in [-0.3, -0.25) is 9.59 Å². The van der Waals surface area contributed by atoms with Crippen molar-refractivity contribution in [3.8, 4) is 0 Å². The lowest BCUT2D eigenvalue weighted by atomic mass is 9.75. The average molecular weight is 393 g/mol. The van der Waals surface area contributed by atoms with Crippen LogP contribution in [-0.4, -0.2) is 16.9 Å². The third-order valence-electron chi connectivity index (χ3n) is 7.71. The Labute approximate surface area is 173 Å². The molecule has 2 aliphatic rings. The molecule has 0 heterocycles. The second-order valence-corrected chi connectivity index (χ2v) is 9.45. The molecule has 0 saturated heterocycles. The standard InChI is InChI=1S/C25H44O3/c1-4-7-8-9-10-11-12-13-14-15-16-17-18-20-21-22(20)25(21,6-3)23(26)19(5-2)24(27)28/h19-22H,4-18H2,1-3H3,(H,27,28). The molecule has 28 heavy (non-hydrogen) atoms. The summed E-state index contributed by atoms with van der Waals surface area (Å²) < 4.78 is 0. The molecule has 162 valence electrons. The zero-order chi connectivity index (χ0) is 20.6. The number of carbonyl (C=O) groups is 2. The van der Waals surface area contributed by atoms with E-state index in [1.54, 1.807) is 0 Å². The Morgan fingerprint density at radius 2 is 1.25 bits per heavy atom. The second kappa shape index (κ2) is 11.4. The molecule has 3 nitrogen and oxygen atoms in total. The van der Waals surface area contributed by atoms with Gasteiger partial charge in [0.1, 0.15) is 5.92 Å². The van der Waals surface area contributed by atoms with Gasteiger partial charge >= 0.3 is 5.97 Å². The van der Waals surface area contributed by atoms with Crippen LogP contribution in [0.3, 0.4) is 0 Å². The average Bonchev–Trinajstić information content (AvgIpc) is 3.56. The third-order valence-corrected chi connectivity index (χ3v) is 7.71. The quantitative estimate of drug-likeness (QED) is 0.201. The minimum Gasteiger partial charge on any atom is -0.481 e. The van der Waals surface area contributed by atoms with E-state index in [0.29, 0.717) is 18.3 Å². The first kappa shape index (κ1) is 23.4. The molecule has 0 aliphatic heterocycles. The Morgan fingerprint density at radius 3 is 1.64 bits per heavy atom. The van der Waals surface area contributed by atoms with Crippen molar-refractivity contribution in [2.24, 2.45) is 29.1 Å². The molecule has 2 fully saturated rings. The molecule has 3 atom stereocenters. The normalized spacial score (nSPS) is 28.6. The fourth-order valence-electron chi connectivity index (χ4n) is 5.87. The largest absolute Gasteiger partial charge is 0.481 e. The number of aliphatic carboxylic acids is 1. The molecule has 0 aromatic heterocycles. The van der Waals surface area contributed by atoms with Crippen molar-refractivity contribution in [3.63, 3.8) is 0 Å². The van der Waals surface area contributed by atoms with Gasteiger partial charge in [0, 0.05) is 5.41 Å². The van der Waals surface area contributed by atoms with Crippen LogP contribution in [-0.2, 0) is 9.59 Å². The lowest BCUT2D eigenvalue weighted by Crippen LogP contribution is -2.36. The van der Waals surface area contributed by atoms with E-state index in [4.69, 9.17) is 0 Å². The number of carboxylic acid groups (broad SMARTS) is 1. The van der Waals surface area contributed by atoms with E-state index in [9.17, 15) is 14.7 Å². The maximum Gasteiger partial charge on any atom is 0.314 e. The SMILES string of the molecule is CCCCCCCCCCCCCCC1C2C1C2(CC)C(=O)C(CC)C(=O)O. The van der Waals surface area contributed by atoms with Gasteiger partial charge < -0.3 is 5.11 Å². The highest BCUT2D eigenvalue weighted by Gasteiger charge is 2.84. The Morgan fingerprint density at radius 1 is 0.786 bits per heavy atom. The molecule has 0 aromatic rings. The van der Waals surface area contributed by atoms with Crippen LogP contribution in [0, 0.1) is 29.1 Å². The zero-order valence-electron chi connectivity index (χ0n) is 18.7. The molecule has 0 radical (unpaired) electrons. The number of ketones is 1. The lowest BCUT2D eigenvalue weighted by Gasteiger charge is -2.26.